The maximum absolute atomic E-state index is 10.8. The number of halogens is 1. The van der Waals surface area contributed by atoms with Gasteiger partial charge in [0.05, 0.1) is 5.56 Å². The van der Waals surface area contributed by atoms with Gasteiger partial charge in [-0.05, 0) is 36.4 Å². The molecule has 104 valence electrons. The van der Waals surface area contributed by atoms with Gasteiger partial charge >= 0.3 is 5.97 Å². The number of carboxylic acid groups (broad SMARTS) is 1. The van der Waals surface area contributed by atoms with Crippen molar-refractivity contribution in [3.05, 3.63) is 59.1 Å². The van der Waals surface area contributed by atoms with Crippen LogP contribution < -0.4 is 0 Å². The highest BCUT2D eigenvalue weighted by Gasteiger charge is 2.09. The zero-order chi connectivity index (χ0) is 14.8. The van der Waals surface area contributed by atoms with Gasteiger partial charge in [-0.3, -0.25) is 5.10 Å². The van der Waals surface area contributed by atoms with Crippen LogP contribution in [0.1, 0.15) is 10.4 Å². The Kier molecular flexibility index (Phi) is 3.41. The van der Waals surface area contributed by atoms with Crippen molar-refractivity contribution in [2.24, 2.45) is 0 Å². The Labute approximate surface area is 125 Å². The maximum atomic E-state index is 10.8. The lowest BCUT2D eigenvalue weighted by Gasteiger charge is -1.97. The Morgan fingerprint density at radius 3 is 2.24 bits per heavy atom. The minimum Gasteiger partial charge on any atom is -0.478 e. The van der Waals surface area contributed by atoms with Gasteiger partial charge in [0.25, 0.3) is 0 Å². The average molecular weight is 300 g/mol. The summed E-state index contributed by atoms with van der Waals surface area (Å²) in [6, 6.07) is 13.7. The van der Waals surface area contributed by atoms with E-state index in [1.54, 1.807) is 24.3 Å². The molecule has 0 atom stereocenters. The quantitative estimate of drug-likeness (QED) is 0.776. The first-order valence-electron chi connectivity index (χ1n) is 6.15. The number of H-pyrrole nitrogens is 1. The van der Waals surface area contributed by atoms with E-state index in [0.717, 1.165) is 11.1 Å². The summed E-state index contributed by atoms with van der Waals surface area (Å²) in [5.41, 5.74) is 1.85. The molecule has 3 aromatic rings. The number of aromatic amines is 1. The minimum atomic E-state index is -0.960. The van der Waals surface area contributed by atoms with E-state index >= 15 is 0 Å². The Morgan fingerprint density at radius 2 is 1.62 bits per heavy atom. The van der Waals surface area contributed by atoms with E-state index in [2.05, 4.69) is 15.2 Å². The second-order valence-corrected chi connectivity index (χ2v) is 4.83. The molecule has 0 saturated carbocycles. The maximum Gasteiger partial charge on any atom is 0.335 e. The highest BCUT2D eigenvalue weighted by atomic mass is 35.5. The summed E-state index contributed by atoms with van der Waals surface area (Å²) < 4.78 is 0. The first-order valence-corrected chi connectivity index (χ1v) is 6.53. The minimum absolute atomic E-state index is 0.229. The number of carboxylic acids is 1. The average Bonchev–Trinajstić information content (AvgIpc) is 2.98. The van der Waals surface area contributed by atoms with Crippen LogP contribution in [0.3, 0.4) is 0 Å². The predicted octanol–water partition coefficient (Wildman–Crippen LogP) is 3.49. The van der Waals surface area contributed by atoms with Crippen molar-refractivity contribution in [1.29, 1.82) is 0 Å². The Bertz CT molecular complexity index is 779. The molecule has 6 heteroatoms. The largest absolute Gasteiger partial charge is 0.478 e. The molecule has 0 fully saturated rings. The van der Waals surface area contributed by atoms with Gasteiger partial charge in [-0.25, -0.2) is 9.78 Å². The summed E-state index contributed by atoms with van der Waals surface area (Å²) in [4.78, 5) is 15.2. The molecule has 5 nitrogen and oxygen atoms in total. The molecule has 2 aromatic carbocycles. The fraction of sp³-hybridized carbons (Fsp3) is 0. The molecule has 1 heterocycles. The molecule has 0 aliphatic rings. The monoisotopic (exact) mass is 299 g/mol. The number of carbonyl (C=O) groups is 1. The van der Waals surface area contributed by atoms with Crippen molar-refractivity contribution in [2.75, 3.05) is 0 Å². The molecule has 0 aliphatic carbocycles. The van der Waals surface area contributed by atoms with Crippen LogP contribution in [0.5, 0.6) is 0 Å². The molecule has 0 aliphatic heterocycles. The van der Waals surface area contributed by atoms with Crippen molar-refractivity contribution < 1.29 is 9.90 Å². The smallest absolute Gasteiger partial charge is 0.335 e. The molecular weight excluding hydrogens is 290 g/mol. The highest BCUT2D eigenvalue weighted by molar-refractivity contribution is 6.30. The summed E-state index contributed by atoms with van der Waals surface area (Å²) in [6.45, 7) is 0. The van der Waals surface area contributed by atoms with Crippen LogP contribution in [-0.2, 0) is 0 Å². The molecule has 0 unspecified atom stereocenters. The van der Waals surface area contributed by atoms with Crippen LogP contribution in [0.2, 0.25) is 5.02 Å². The van der Waals surface area contributed by atoms with Crippen LogP contribution in [0.4, 0.5) is 0 Å². The van der Waals surface area contributed by atoms with Crippen molar-refractivity contribution >= 4 is 17.6 Å². The third-order valence-corrected chi connectivity index (χ3v) is 3.25. The fourth-order valence-corrected chi connectivity index (χ4v) is 2.02. The first-order chi connectivity index (χ1) is 10.1. The zero-order valence-corrected chi connectivity index (χ0v) is 11.5. The van der Waals surface area contributed by atoms with Gasteiger partial charge in [0.2, 0.25) is 0 Å². The zero-order valence-electron chi connectivity index (χ0n) is 10.7. The van der Waals surface area contributed by atoms with Gasteiger partial charge in [-0.1, -0.05) is 23.7 Å². The molecule has 21 heavy (non-hydrogen) atoms. The SMILES string of the molecule is O=C(O)c1ccc(-c2n[nH]c(-c3ccc(Cl)cc3)n2)cc1. The van der Waals surface area contributed by atoms with Crippen molar-refractivity contribution in [2.45, 2.75) is 0 Å². The Balaban J connectivity index is 1.90. The van der Waals surface area contributed by atoms with Crippen molar-refractivity contribution in [1.82, 2.24) is 15.2 Å². The number of rotatable bonds is 3. The second-order valence-electron chi connectivity index (χ2n) is 4.40. The number of aromatic carboxylic acids is 1. The van der Waals surface area contributed by atoms with Crippen LogP contribution in [0.15, 0.2) is 48.5 Å². The summed E-state index contributed by atoms with van der Waals surface area (Å²) >= 11 is 5.85. The van der Waals surface area contributed by atoms with Gasteiger partial charge in [-0.2, -0.15) is 5.10 Å². The van der Waals surface area contributed by atoms with Gasteiger partial charge < -0.3 is 5.11 Å². The number of nitrogens with zero attached hydrogens (tertiary/aromatic N) is 2. The molecule has 0 spiro atoms. The van der Waals surface area contributed by atoms with Crippen LogP contribution in [0, 0.1) is 0 Å². The predicted molar refractivity (Wildman–Crippen MR) is 79.2 cm³/mol. The third kappa shape index (κ3) is 2.78. The molecular formula is C15H10ClN3O2. The summed E-state index contributed by atoms with van der Waals surface area (Å²) in [5, 5.41) is 16.5. The topological polar surface area (TPSA) is 78.9 Å². The number of hydrogen-bond donors (Lipinski definition) is 2. The fourth-order valence-electron chi connectivity index (χ4n) is 1.89. The van der Waals surface area contributed by atoms with Crippen molar-refractivity contribution in [3.63, 3.8) is 0 Å². The van der Waals surface area contributed by atoms with E-state index in [4.69, 9.17) is 16.7 Å². The van der Waals surface area contributed by atoms with Crippen LogP contribution in [-0.4, -0.2) is 26.3 Å². The Morgan fingerprint density at radius 1 is 1.00 bits per heavy atom. The van der Waals surface area contributed by atoms with E-state index in [1.165, 1.54) is 12.1 Å². The summed E-state index contributed by atoms with van der Waals surface area (Å²) in [6.07, 6.45) is 0. The van der Waals surface area contributed by atoms with Crippen molar-refractivity contribution in [3.8, 4) is 22.8 Å². The summed E-state index contributed by atoms with van der Waals surface area (Å²) in [7, 11) is 0. The van der Waals surface area contributed by atoms with Crippen LogP contribution >= 0.6 is 11.6 Å². The lowest BCUT2D eigenvalue weighted by molar-refractivity contribution is 0.0697. The second kappa shape index (κ2) is 5.38. The first kappa shape index (κ1) is 13.3. The summed E-state index contributed by atoms with van der Waals surface area (Å²) in [5.74, 6) is 0.180. The molecule has 0 saturated heterocycles. The van der Waals surface area contributed by atoms with Gasteiger partial charge in [-0.15, -0.1) is 0 Å². The van der Waals surface area contributed by atoms with Gasteiger partial charge in [0.1, 0.15) is 0 Å². The standard InChI is InChI=1S/C15H10ClN3O2/c16-12-7-5-10(6-8-12)14-17-13(18-19-14)9-1-3-11(4-2-9)15(20)21/h1-8H,(H,20,21)(H,17,18,19). The van der Waals surface area contributed by atoms with E-state index in [1.807, 2.05) is 12.1 Å². The van der Waals surface area contributed by atoms with E-state index < -0.39 is 5.97 Å². The lowest BCUT2D eigenvalue weighted by atomic mass is 10.1. The number of benzene rings is 2. The van der Waals surface area contributed by atoms with E-state index in [9.17, 15) is 4.79 Å². The van der Waals surface area contributed by atoms with Gasteiger partial charge in [0, 0.05) is 16.1 Å². The van der Waals surface area contributed by atoms with Crippen LogP contribution in [0.25, 0.3) is 22.8 Å². The molecule has 0 radical (unpaired) electrons. The number of hydrogen-bond acceptors (Lipinski definition) is 3. The van der Waals surface area contributed by atoms with E-state index in [-0.39, 0.29) is 5.56 Å². The normalized spacial score (nSPS) is 10.5. The lowest BCUT2D eigenvalue weighted by Crippen LogP contribution is -1.95. The highest BCUT2D eigenvalue weighted by Crippen LogP contribution is 2.21. The van der Waals surface area contributed by atoms with Gasteiger partial charge in [0.15, 0.2) is 11.6 Å². The molecule has 3 rings (SSSR count). The molecule has 0 amide bonds. The molecule has 1 aromatic heterocycles. The number of aromatic nitrogens is 3. The molecule has 2 N–H and O–H groups in total. The molecule has 0 bridgehead atoms. The third-order valence-electron chi connectivity index (χ3n) is 2.99. The Hall–Kier alpha value is -2.66. The number of nitrogens with one attached hydrogen (secondary N) is 1. The van der Waals surface area contributed by atoms with E-state index in [0.29, 0.717) is 16.7 Å².